The van der Waals surface area contributed by atoms with E-state index in [1.54, 1.807) is 0 Å². The molecule has 0 fully saturated rings. The SMILES string of the molecule is c1ccc(-n2c3ccccc3c3cc(-c4ccc(C5(c6ccc(-c7ccc(-n8c9ccccc9c9cc(-c%10cccc(-n%11c%12ccccc%12c%12cc(-c%13ccc(C%14(c%15ccc(-c%16ccc%17c(c%16)c%16ccccc%16n%17-c%16ccccc%16)cc%15)c%15ccccc%15-c%15ccccc%15%14)cc%13)ccc%12%11)c%10)ccc98)cc7)cc6)c6ccccc6-c6ccccc65)cc4)ccc32)cc1. The summed E-state index contributed by atoms with van der Waals surface area (Å²) in [5.74, 6) is 0. The maximum Gasteiger partial charge on any atom is 0.0713 e. The Kier molecular flexibility index (Phi) is 15.9. The summed E-state index contributed by atoms with van der Waals surface area (Å²) in [6.45, 7) is 0. The Morgan fingerprint density at radius 1 is 0.127 bits per heavy atom. The molecule has 586 valence electrons. The highest BCUT2D eigenvalue weighted by Crippen LogP contribution is 2.59. The normalized spacial score (nSPS) is 13.0. The van der Waals surface area contributed by atoms with E-state index in [0.29, 0.717) is 0 Å². The summed E-state index contributed by atoms with van der Waals surface area (Å²) in [6, 6.07) is 177. The van der Waals surface area contributed by atoms with Crippen LogP contribution in [0.15, 0.2) is 473 Å². The zero-order chi connectivity index (χ0) is 82.7. The number of nitrogens with zero attached hydrogens (tertiary/aromatic N) is 4. The average molecular weight is 1600 g/mol. The predicted molar refractivity (Wildman–Crippen MR) is 526 cm³/mol. The number of hydrogen-bond acceptors (Lipinski definition) is 0. The van der Waals surface area contributed by atoms with Gasteiger partial charge in [0.05, 0.1) is 55.0 Å². The van der Waals surface area contributed by atoms with Crippen LogP contribution in [0.4, 0.5) is 0 Å². The molecule has 26 rings (SSSR count). The van der Waals surface area contributed by atoms with E-state index in [1.165, 1.54) is 198 Å². The quantitative estimate of drug-likeness (QED) is 0.110. The molecule has 0 unspecified atom stereocenters. The smallest absolute Gasteiger partial charge is 0.0713 e. The van der Waals surface area contributed by atoms with Gasteiger partial charge in [0, 0.05) is 65.8 Å². The molecule has 4 aromatic heterocycles. The van der Waals surface area contributed by atoms with Crippen molar-refractivity contribution in [2.45, 2.75) is 10.8 Å². The average Bonchev–Trinajstić information content (AvgIpc) is 1.53. The van der Waals surface area contributed by atoms with Crippen molar-refractivity contribution in [2.24, 2.45) is 0 Å². The lowest BCUT2D eigenvalue weighted by Crippen LogP contribution is -2.28. The second-order valence-electron chi connectivity index (χ2n) is 34.1. The van der Waals surface area contributed by atoms with Crippen molar-refractivity contribution in [2.75, 3.05) is 0 Å². The number of hydrogen-bond donors (Lipinski definition) is 0. The van der Waals surface area contributed by atoms with Crippen molar-refractivity contribution in [1.29, 1.82) is 0 Å². The van der Waals surface area contributed by atoms with E-state index in [9.17, 15) is 0 Å². The van der Waals surface area contributed by atoms with Crippen molar-refractivity contribution in [3.05, 3.63) is 518 Å². The molecule has 2 aliphatic carbocycles. The molecule has 0 amide bonds. The summed E-state index contributed by atoms with van der Waals surface area (Å²) in [5.41, 5.74) is 40.0. The molecule has 0 N–H and O–H groups in total. The number of para-hydroxylation sites is 6. The van der Waals surface area contributed by atoms with Crippen molar-refractivity contribution in [3.8, 4) is 101 Å². The van der Waals surface area contributed by atoms with Crippen LogP contribution in [0.1, 0.15) is 44.5 Å². The molecule has 24 aromatic rings. The van der Waals surface area contributed by atoms with Crippen LogP contribution in [0.25, 0.3) is 188 Å². The molecule has 4 heterocycles. The van der Waals surface area contributed by atoms with Gasteiger partial charge in [-0.25, -0.2) is 0 Å². The topological polar surface area (TPSA) is 19.7 Å². The molecule has 126 heavy (non-hydrogen) atoms. The Labute approximate surface area is 729 Å². The fourth-order valence-corrected chi connectivity index (χ4v) is 22.2. The van der Waals surface area contributed by atoms with Gasteiger partial charge >= 0.3 is 0 Å². The van der Waals surface area contributed by atoms with E-state index < -0.39 is 10.8 Å². The maximum atomic E-state index is 2.45. The van der Waals surface area contributed by atoms with E-state index in [4.69, 9.17) is 0 Å². The van der Waals surface area contributed by atoms with Gasteiger partial charge in [-0.15, -0.1) is 0 Å². The van der Waals surface area contributed by atoms with Gasteiger partial charge in [0.2, 0.25) is 0 Å². The van der Waals surface area contributed by atoms with Crippen molar-refractivity contribution in [1.82, 2.24) is 18.3 Å². The molecule has 0 aliphatic heterocycles. The van der Waals surface area contributed by atoms with E-state index in [-0.39, 0.29) is 0 Å². The Hall–Kier alpha value is -16.4. The highest BCUT2D eigenvalue weighted by molar-refractivity contribution is 6.14. The van der Waals surface area contributed by atoms with Crippen LogP contribution in [0.2, 0.25) is 0 Å². The molecule has 0 spiro atoms. The first-order valence-corrected chi connectivity index (χ1v) is 43.8. The molecule has 4 heteroatoms. The number of benzene rings is 20. The number of fused-ring (bicyclic) bond motifs is 18. The second-order valence-corrected chi connectivity index (χ2v) is 34.1. The summed E-state index contributed by atoms with van der Waals surface area (Å²) >= 11 is 0. The van der Waals surface area contributed by atoms with Crippen molar-refractivity contribution >= 4 is 87.2 Å². The van der Waals surface area contributed by atoms with E-state index in [1.807, 2.05) is 0 Å². The lowest BCUT2D eigenvalue weighted by molar-refractivity contribution is 0.769. The van der Waals surface area contributed by atoms with E-state index in [0.717, 1.165) is 33.9 Å². The second kappa shape index (κ2) is 28.1. The van der Waals surface area contributed by atoms with E-state index in [2.05, 4.69) is 491 Å². The Bertz CT molecular complexity index is 8440. The van der Waals surface area contributed by atoms with E-state index >= 15 is 0 Å². The fourth-order valence-electron chi connectivity index (χ4n) is 22.2. The molecule has 0 saturated carbocycles. The first-order chi connectivity index (χ1) is 62.5. The van der Waals surface area contributed by atoms with Gasteiger partial charge in [-0.05, 0) is 244 Å². The highest BCUT2D eigenvalue weighted by Gasteiger charge is 2.48. The van der Waals surface area contributed by atoms with Gasteiger partial charge in [0.25, 0.3) is 0 Å². The minimum atomic E-state index is -0.560. The van der Waals surface area contributed by atoms with Crippen LogP contribution in [0, 0.1) is 0 Å². The van der Waals surface area contributed by atoms with Crippen LogP contribution >= 0.6 is 0 Å². The van der Waals surface area contributed by atoms with Gasteiger partial charge in [-0.2, -0.15) is 0 Å². The molecule has 20 aromatic carbocycles. The maximum absolute atomic E-state index is 2.45. The Morgan fingerprint density at radius 3 is 0.659 bits per heavy atom. The van der Waals surface area contributed by atoms with Crippen molar-refractivity contribution < 1.29 is 0 Å². The molecule has 0 saturated heterocycles. The molecule has 4 nitrogen and oxygen atoms in total. The van der Waals surface area contributed by atoms with Gasteiger partial charge < -0.3 is 18.3 Å². The monoisotopic (exact) mass is 1600 g/mol. The number of rotatable bonds is 13. The van der Waals surface area contributed by atoms with Crippen LogP contribution in [0.3, 0.4) is 0 Å². The molecule has 0 radical (unpaired) electrons. The zero-order valence-corrected chi connectivity index (χ0v) is 68.8. The minimum Gasteiger partial charge on any atom is -0.309 e. The lowest BCUT2D eigenvalue weighted by atomic mass is 9.67. The largest absolute Gasteiger partial charge is 0.309 e. The Balaban J connectivity index is 0.501. The minimum absolute atomic E-state index is 0.549. The lowest BCUT2D eigenvalue weighted by Gasteiger charge is -2.34. The third-order valence-electron chi connectivity index (χ3n) is 27.8. The third-order valence-corrected chi connectivity index (χ3v) is 27.8. The molecule has 2 aliphatic rings. The molecular weight excluding hydrogens is 1520 g/mol. The van der Waals surface area contributed by atoms with Crippen molar-refractivity contribution in [3.63, 3.8) is 0 Å². The standard InChI is InChI=1S/C122H78N4/c1-3-25-93(26-4-1)123-113-42-19-11-34-101(113)105-75-85(56-70-117(105)123)81-48-62-90(63-49-81)121(109-38-15-7-30-97(109)98-31-8-16-39-110(98)121)89-60-46-79(47-61-89)80-54-68-95(69-55-80)125-115-44-21-13-36-103(115)108-78-88(59-73-119(108)125)84-24-23-29-96(74-84)126-116-45-22-14-37-104(116)107-77-87(58-72-120(107)126)83-52-66-92(67-53-83)122(111-40-17-9-32-99(111)100-33-10-18-41-112(100)122)91-64-50-82(51-65-91)86-57-71-118-106(76-86)102-35-12-20-43-114(102)124(118)94-27-5-2-6-28-94/h1-78H. The van der Waals surface area contributed by atoms with Gasteiger partial charge in [0.1, 0.15) is 0 Å². The fraction of sp³-hybridized carbons (Fsp3) is 0.0164. The first-order valence-electron chi connectivity index (χ1n) is 43.8. The van der Waals surface area contributed by atoms with Crippen LogP contribution in [0.5, 0.6) is 0 Å². The third kappa shape index (κ3) is 10.6. The molecule has 0 bridgehead atoms. The van der Waals surface area contributed by atoms with Crippen LogP contribution in [-0.4, -0.2) is 18.3 Å². The van der Waals surface area contributed by atoms with Crippen LogP contribution in [-0.2, 0) is 10.8 Å². The summed E-state index contributed by atoms with van der Waals surface area (Å²) in [4.78, 5) is 0. The van der Waals surface area contributed by atoms with Gasteiger partial charge in [-0.1, -0.05) is 352 Å². The summed E-state index contributed by atoms with van der Waals surface area (Å²) in [6.07, 6.45) is 0. The Morgan fingerprint density at radius 2 is 0.341 bits per heavy atom. The van der Waals surface area contributed by atoms with Gasteiger partial charge in [0.15, 0.2) is 0 Å². The summed E-state index contributed by atoms with van der Waals surface area (Å²) in [5, 5.41) is 9.86. The summed E-state index contributed by atoms with van der Waals surface area (Å²) < 4.78 is 9.66. The van der Waals surface area contributed by atoms with Crippen LogP contribution < -0.4 is 0 Å². The molecular formula is C122H78N4. The molecule has 0 atom stereocenters. The predicted octanol–water partition coefficient (Wildman–Crippen LogP) is 31.1. The van der Waals surface area contributed by atoms with Gasteiger partial charge in [-0.3, -0.25) is 0 Å². The number of aromatic nitrogens is 4. The summed E-state index contributed by atoms with van der Waals surface area (Å²) in [7, 11) is 0. The first kappa shape index (κ1) is 71.3. The zero-order valence-electron chi connectivity index (χ0n) is 68.8. The highest BCUT2D eigenvalue weighted by atomic mass is 15.0.